The Morgan fingerprint density at radius 3 is 1.19 bits per heavy atom. The molecule has 0 spiro atoms. The Labute approximate surface area is 255 Å². The average Bonchev–Trinajstić information content (AvgIpc) is 3.02. The van der Waals surface area contributed by atoms with Crippen molar-refractivity contribution in [1.29, 1.82) is 0 Å². The molecule has 2 heterocycles. The predicted octanol–water partition coefficient (Wildman–Crippen LogP) is 8.75. The molecule has 208 valence electrons. The number of pyridine rings is 2. The molecule has 0 N–H and O–H groups in total. The third kappa shape index (κ3) is 4.86. The molecule has 0 atom stereocenters. The molecule has 6 rings (SSSR count). The van der Waals surface area contributed by atoms with E-state index in [9.17, 15) is 8.78 Å². The molecule has 0 aliphatic carbocycles. The summed E-state index contributed by atoms with van der Waals surface area (Å²) in [4.78, 5) is 9.61. The topological polar surface area (TPSA) is 25.8 Å². The molecule has 0 fully saturated rings. The van der Waals surface area contributed by atoms with Gasteiger partial charge in [-0.05, 0) is 35.4 Å². The second kappa shape index (κ2) is 12.2. The maximum Gasteiger partial charge on any atom is 2.00 e. The van der Waals surface area contributed by atoms with Gasteiger partial charge in [0.15, 0.2) is 23.3 Å². The third-order valence-electron chi connectivity index (χ3n) is 7.22. The fraction of sp³-hybridized carbons (Fsp3) is 0.0286. The molecule has 0 aliphatic heterocycles. The van der Waals surface area contributed by atoms with Crippen molar-refractivity contribution < 1.29 is 38.6 Å². The zero-order valence-corrected chi connectivity index (χ0v) is 24.2. The van der Waals surface area contributed by atoms with Crippen LogP contribution >= 0.6 is 0 Å². The zero-order valence-electron chi connectivity index (χ0n) is 21.9. The number of hydrogen-bond acceptors (Lipinski definition) is 2. The Kier molecular flexibility index (Phi) is 8.46. The molecule has 0 saturated carbocycles. The summed E-state index contributed by atoms with van der Waals surface area (Å²) in [5, 5.41) is 0. The van der Waals surface area contributed by atoms with Crippen LogP contribution in [-0.2, 0) is 26.5 Å². The monoisotopic (exact) mass is 741 g/mol. The Bertz CT molecular complexity index is 1710. The summed E-state index contributed by atoms with van der Waals surface area (Å²) >= 11 is 0. The van der Waals surface area contributed by atoms with E-state index in [1.54, 1.807) is 36.7 Å². The summed E-state index contributed by atoms with van der Waals surface area (Å²) in [5.41, 5.74) is 1.39. The molecular weight excluding hydrogens is 719 g/mol. The Morgan fingerprint density at radius 1 is 0.405 bits per heavy atom. The summed E-state index contributed by atoms with van der Waals surface area (Å²) in [5.74, 6) is -4.03. The van der Waals surface area contributed by atoms with Crippen LogP contribution in [0, 0.1) is 23.3 Å². The van der Waals surface area contributed by atoms with Crippen molar-refractivity contribution >= 4 is 0 Å². The van der Waals surface area contributed by atoms with Gasteiger partial charge < -0.3 is 0 Å². The average molecular weight is 742 g/mol. The molecule has 0 radical (unpaired) electrons. The number of nitrogens with zero attached hydrogens (tertiary/aromatic N) is 2. The normalized spacial score (nSPS) is 11.1. The van der Waals surface area contributed by atoms with Crippen LogP contribution in [0.3, 0.4) is 0 Å². The van der Waals surface area contributed by atoms with Crippen LogP contribution in [0.25, 0.3) is 22.3 Å². The smallest absolute Gasteiger partial charge is 0.259 e. The molecule has 0 amide bonds. The van der Waals surface area contributed by atoms with E-state index in [-0.39, 0.29) is 32.2 Å². The quantitative estimate of drug-likeness (QED) is 0.160. The number of halogens is 4. The van der Waals surface area contributed by atoms with E-state index in [0.717, 1.165) is 12.1 Å². The standard InChI is InChI=1S/C35H22F4N2.Pt/c36-29-19-7-15-25(31(29)38)27-17-9-21-40-33(27)35(23-11-3-1-4-12-23,24-13-5-2-6-14-24)34-28(18-10-22-41-34)26-16-8-20-30(37)32(26)39;/h1-22H;/q;+2. The maximum atomic E-state index is 15.4. The minimum Gasteiger partial charge on any atom is -0.259 e. The van der Waals surface area contributed by atoms with Gasteiger partial charge in [-0.3, -0.25) is 9.97 Å². The third-order valence-corrected chi connectivity index (χ3v) is 7.22. The van der Waals surface area contributed by atoms with Crippen molar-refractivity contribution in [2.75, 3.05) is 0 Å². The molecule has 4 aromatic carbocycles. The van der Waals surface area contributed by atoms with E-state index < -0.39 is 28.7 Å². The van der Waals surface area contributed by atoms with E-state index in [0.29, 0.717) is 33.6 Å². The number of aromatic nitrogens is 2. The van der Waals surface area contributed by atoms with Crippen molar-refractivity contribution in [3.05, 3.63) is 180 Å². The minimum atomic E-state index is -1.37. The molecule has 0 saturated heterocycles. The summed E-state index contributed by atoms with van der Waals surface area (Å²) in [7, 11) is 0. The number of rotatable bonds is 6. The first-order valence-corrected chi connectivity index (χ1v) is 12.9. The van der Waals surface area contributed by atoms with Gasteiger partial charge in [-0.2, -0.15) is 0 Å². The molecular formula is C35H22F4N2Pt+2. The van der Waals surface area contributed by atoms with Crippen molar-refractivity contribution in [2.45, 2.75) is 5.41 Å². The molecule has 0 bridgehead atoms. The Hall–Kier alpha value is -4.41. The van der Waals surface area contributed by atoms with Gasteiger partial charge in [-0.15, -0.1) is 0 Å². The predicted molar refractivity (Wildman–Crippen MR) is 151 cm³/mol. The van der Waals surface area contributed by atoms with Crippen molar-refractivity contribution in [3.8, 4) is 22.3 Å². The van der Waals surface area contributed by atoms with Gasteiger partial charge in [0, 0.05) is 34.6 Å². The summed E-state index contributed by atoms with van der Waals surface area (Å²) in [6, 6.07) is 33.3. The summed E-state index contributed by atoms with van der Waals surface area (Å²) < 4.78 is 59.9. The second-order valence-corrected chi connectivity index (χ2v) is 9.48. The van der Waals surface area contributed by atoms with E-state index in [1.165, 1.54) is 24.3 Å². The Morgan fingerprint density at radius 2 is 0.786 bits per heavy atom. The fourth-order valence-electron chi connectivity index (χ4n) is 5.47. The molecule has 6 aromatic rings. The molecule has 7 heteroatoms. The van der Waals surface area contributed by atoms with Gasteiger partial charge in [0.1, 0.15) is 5.41 Å². The molecule has 2 nitrogen and oxygen atoms in total. The molecule has 0 aliphatic rings. The van der Waals surface area contributed by atoms with Crippen LogP contribution in [-0.4, -0.2) is 9.97 Å². The SMILES string of the molecule is Fc1cccc(-c2cccnc2C(c2ccccc2)(c2ccccc2)c2ncccc2-c2cccc(F)c2F)c1F.[Pt+2]. The summed E-state index contributed by atoms with van der Waals surface area (Å²) in [6.07, 6.45) is 3.14. The summed E-state index contributed by atoms with van der Waals surface area (Å²) in [6.45, 7) is 0. The van der Waals surface area contributed by atoms with Crippen LogP contribution in [0.15, 0.2) is 134 Å². The minimum absolute atomic E-state index is 0. The molecule has 2 aromatic heterocycles. The van der Waals surface area contributed by atoms with Crippen molar-refractivity contribution in [3.63, 3.8) is 0 Å². The zero-order chi connectivity index (χ0) is 28.4. The van der Waals surface area contributed by atoms with E-state index in [2.05, 4.69) is 0 Å². The van der Waals surface area contributed by atoms with Crippen molar-refractivity contribution in [1.82, 2.24) is 9.97 Å². The molecule has 42 heavy (non-hydrogen) atoms. The fourth-order valence-corrected chi connectivity index (χ4v) is 5.47. The first kappa shape index (κ1) is 29.1. The van der Waals surface area contributed by atoms with E-state index >= 15 is 8.78 Å². The van der Waals surface area contributed by atoms with Crippen LogP contribution in [0.4, 0.5) is 17.6 Å². The van der Waals surface area contributed by atoms with Crippen LogP contribution in [0.5, 0.6) is 0 Å². The Balaban J connectivity index is 0.00000353. The van der Waals surface area contributed by atoms with Gasteiger partial charge in [-0.1, -0.05) is 97.1 Å². The largest absolute Gasteiger partial charge is 2.00 e. The second-order valence-electron chi connectivity index (χ2n) is 9.48. The van der Waals surface area contributed by atoms with Gasteiger partial charge in [0.2, 0.25) is 0 Å². The van der Waals surface area contributed by atoms with Gasteiger partial charge in [-0.25, -0.2) is 17.6 Å². The van der Waals surface area contributed by atoms with Gasteiger partial charge in [0.25, 0.3) is 0 Å². The first-order valence-electron chi connectivity index (χ1n) is 12.9. The van der Waals surface area contributed by atoms with E-state index in [1.807, 2.05) is 60.7 Å². The van der Waals surface area contributed by atoms with Crippen LogP contribution < -0.4 is 0 Å². The van der Waals surface area contributed by atoms with Crippen LogP contribution in [0.2, 0.25) is 0 Å². The van der Waals surface area contributed by atoms with E-state index in [4.69, 9.17) is 9.97 Å². The van der Waals surface area contributed by atoms with Gasteiger partial charge in [0.05, 0.1) is 11.4 Å². The molecule has 0 unspecified atom stereocenters. The first-order chi connectivity index (χ1) is 20.0. The maximum absolute atomic E-state index is 15.4. The number of benzene rings is 4. The number of hydrogen-bond donors (Lipinski definition) is 0. The van der Waals surface area contributed by atoms with Crippen molar-refractivity contribution in [2.24, 2.45) is 0 Å². The van der Waals surface area contributed by atoms with Crippen LogP contribution in [0.1, 0.15) is 22.5 Å². The van der Waals surface area contributed by atoms with Gasteiger partial charge >= 0.3 is 21.1 Å².